The lowest BCUT2D eigenvalue weighted by Gasteiger charge is -2.01. The average molecular weight is 218 g/mol. The van der Waals surface area contributed by atoms with Gasteiger partial charge in [0.25, 0.3) is 0 Å². The Hall–Kier alpha value is -1.84. The highest BCUT2D eigenvalue weighted by Gasteiger charge is 2.16. The Labute approximate surface area is 93.9 Å². The molecule has 0 atom stereocenters. The largest absolute Gasteiger partial charge is 0.458 e. The van der Waals surface area contributed by atoms with Crippen LogP contribution in [0.3, 0.4) is 0 Å². The van der Waals surface area contributed by atoms with Gasteiger partial charge in [0, 0.05) is 19.2 Å². The first-order chi connectivity index (χ1) is 7.76. The molecular weight excluding hydrogens is 204 g/mol. The van der Waals surface area contributed by atoms with Crippen LogP contribution < -0.4 is 0 Å². The molecule has 0 bridgehead atoms. The summed E-state index contributed by atoms with van der Waals surface area (Å²) in [6.45, 7) is 4.61. The molecule has 2 rings (SSSR count). The maximum absolute atomic E-state index is 12.1. The van der Waals surface area contributed by atoms with E-state index in [1.807, 2.05) is 19.9 Å². The van der Waals surface area contributed by atoms with E-state index in [2.05, 4.69) is 5.10 Å². The molecule has 0 aliphatic rings. The van der Waals surface area contributed by atoms with Crippen LogP contribution >= 0.6 is 0 Å². The third kappa shape index (κ3) is 1.78. The number of ketones is 1. The number of aryl methyl sites for hydroxylation is 2. The summed E-state index contributed by atoms with van der Waals surface area (Å²) in [6.07, 6.45) is 2.42. The molecule has 84 valence electrons. The zero-order chi connectivity index (χ0) is 11.5. The Kier molecular flexibility index (Phi) is 2.90. The minimum atomic E-state index is -0.112. The standard InChI is InChI=1S/C12H14N2O2/c1-3-9-5-6-11(16-9)12(15)10-7-8-13-14(10)4-2/h5-8H,3-4H2,1-2H3. The smallest absolute Gasteiger partial charge is 0.246 e. The number of furan rings is 1. The van der Waals surface area contributed by atoms with E-state index in [1.54, 1.807) is 23.0 Å². The van der Waals surface area contributed by atoms with E-state index in [9.17, 15) is 4.79 Å². The molecule has 4 nitrogen and oxygen atoms in total. The summed E-state index contributed by atoms with van der Waals surface area (Å²) in [6, 6.07) is 5.26. The molecule has 16 heavy (non-hydrogen) atoms. The van der Waals surface area contributed by atoms with E-state index in [0.29, 0.717) is 18.0 Å². The highest BCUT2D eigenvalue weighted by molar-refractivity contribution is 6.05. The first kappa shape index (κ1) is 10.7. The van der Waals surface area contributed by atoms with Gasteiger partial charge >= 0.3 is 0 Å². The molecule has 0 saturated carbocycles. The van der Waals surface area contributed by atoms with Crippen LogP contribution in [-0.2, 0) is 13.0 Å². The second kappa shape index (κ2) is 4.35. The van der Waals surface area contributed by atoms with Gasteiger partial charge in [-0.05, 0) is 25.1 Å². The summed E-state index contributed by atoms with van der Waals surface area (Å²) in [5, 5.41) is 4.06. The Morgan fingerprint density at radius 3 is 2.81 bits per heavy atom. The summed E-state index contributed by atoms with van der Waals surface area (Å²) in [5.74, 6) is 1.09. The van der Waals surface area contributed by atoms with Crippen LogP contribution in [0.5, 0.6) is 0 Å². The number of aromatic nitrogens is 2. The van der Waals surface area contributed by atoms with E-state index in [-0.39, 0.29) is 5.78 Å². The number of carbonyl (C=O) groups is 1. The van der Waals surface area contributed by atoms with Crippen molar-refractivity contribution in [2.24, 2.45) is 0 Å². The van der Waals surface area contributed by atoms with Gasteiger partial charge in [-0.3, -0.25) is 9.48 Å². The van der Waals surface area contributed by atoms with Crippen molar-refractivity contribution in [1.29, 1.82) is 0 Å². The SMILES string of the molecule is CCc1ccc(C(=O)c2ccnn2CC)o1. The summed E-state index contributed by atoms with van der Waals surface area (Å²) in [5.41, 5.74) is 0.569. The van der Waals surface area contributed by atoms with Gasteiger partial charge in [-0.25, -0.2) is 0 Å². The predicted molar refractivity (Wildman–Crippen MR) is 59.4 cm³/mol. The third-order valence-electron chi connectivity index (χ3n) is 2.48. The van der Waals surface area contributed by atoms with Gasteiger partial charge in [-0.15, -0.1) is 0 Å². The lowest BCUT2D eigenvalue weighted by molar-refractivity contribution is 0.0997. The second-order valence-corrected chi connectivity index (χ2v) is 3.48. The van der Waals surface area contributed by atoms with Crippen LogP contribution in [0.4, 0.5) is 0 Å². The molecule has 0 unspecified atom stereocenters. The van der Waals surface area contributed by atoms with Crippen molar-refractivity contribution < 1.29 is 9.21 Å². The summed E-state index contributed by atoms with van der Waals surface area (Å²) in [4.78, 5) is 12.1. The normalized spacial score (nSPS) is 10.6. The van der Waals surface area contributed by atoms with Gasteiger partial charge < -0.3 is 4.42 Å². The zero-order valence-corrected chi connectivity index (χ0v) is 9.43. The van der Waals surface area contributed by atoms with Crippen LogP contribution in [0.1, 0.15) is 35.9 Å². The molecule has 0 N–H and O–H groups in total. The number of hydrogen-bond donors (Lipinski definition) is 0. The van der Waals surface area contributed by atoms with Crippen LogP contribution in [0.25, 0.3) is 0 Å². The molecule has 0 aliphatic carbocycles. The molecule has 4 heteroatoms. The zero-order valence-electron chi connectivity index (χ0n) is 9.43. The number of carbonyl (C=O) groups excluding carboxylic acids is 1. The molecular formula is C12H14N2O2. The van der Waals surface area contributed by atoms with E-state index in [0.717, 1.165) is 12.2 Å². The summed E-state index contributed by atoms with van der Waals surface area (Å²) in [7, 11) is 0. The summed E-state index contributed by atoms with van der Waals surface area (Å²) >= 11 is 0. The first-order valence-electron chi connectivity index (χ1n) is 5.41. The van der Waals surface area contributed by atoms with Crippen molar-refractivity contribution in [3.05, 3.63) is 41.6 Å². The molecule has 0 aromatic carbocycles. The van der Waals surface area contributed by atoms with Gasteiger partial charge in [-0.2, -0.15) is 5.10 Å². The molecule has 0 fully saturated rings. The Morgan fingerprint density at radius 2 is 2.19 bits per heavy atom. The van der Waals surface area contributed by atoms with Crippen molar-refractivity contribution in [3.63, 3.8) is 0 Å². The fourth-order valence-electron chi connectivity index (χ4n) is 1.59. The summed E-state index contributed by atoms with van der Waals surface area (Å²) < 4.78 is 7.09. The van der Waals surface area contributed by atoms with Gasteiger partial charge in [0.1, 0.15) is 11.5 Å². The predicted octanol–water partition coefficient (Wildman–Crippen LogP) is 2.29. The molecule has 2 aromatic heterocycles. The molecule has 0 saturated heterocycles. The minimum Gasteiger partial charge on any atom is -0.458 e. The van der Waals surface area contributed by atoms with Gasteiger partial charge in [-0.1, -0.05) is 6.92 Å². The fourth-order valence-corrected chi connectivity index (χ4v) is 1.59. The topological polar surface area (TPSA) is 48.0 Å². The average Bonchev–Trinajstić information content (AvgIpc) is 2.96. The highest BCUT2D eigenvalue weighted by Crippen LogP contribution is 2.13. The Bertz CT molecular complexity index is 497. The van der Waals surface area contributed by atoms with Crippen molar-refractivity contribution in [2.45, 2.75) is 26.8 Å². The Morgan fingerprint density at radius 1 is 1.38 bits per heavy atom. The molecule has 0 spiro atoms. The van der Waals surface area contributed by atoms with E-state index in [1.165, 1.54) is 0 Å². The first-order valence-corrected chi connectivity index (χ1v) is 5.41. The van der Waals surface area contributed by atoms with Crippen LogP contribution in [0.2, 0.25) is 0 Å². The lowest BCUT2D eigenvalue weighted by Crippen LogP contribution is -2.09. The van der Waals surface area contributed by atoms with Gasteiger partial charge in [0.2, 0.25) is 5.78 Å². The van der Waals surface area contributed by atoms with E-state index < -0.39 is 0 Å². The minimum absolute atomic E-state index is 0.112. The van der Waals surface area contributed by atoms with Gasteiger partial charge in [0.05, 0.1) is 0 Å². The molecule has 0 radical (unpaired) electrons. The van der Waals surface area contributed by atoms with E-state index >= 15 is 0 Å². The van der Waals surface area contributed by atoms with Gasteiger partial charge in [0.15, 0.2) is 5.76 Å². The fraction of sp³-hybridized carbons (Fsp3) is 0.333. The number of rotatable bonds is 4. The molecule has 0 aliphatic heterocycles. The van der Waals surface area contributed by atoms with Crippen molar-refractivity contribution in [1.82, 2.24) is 9.78 Å². The second-order valence-electron chi connectivity index (χ2n) is 3.48. The maximum Gasteiger partial charge on any atom is 0.246 e. The quantitative estimate of drug-likeness (QED) is 0.740. The monoisotopic (exact) mass is 218 g/mol. The van der Waals surface area contributed by atoms with Crippen LogP contribution in [-0.4, -0.2) is 15.6 Å². The van der Waals surface area contributed by atoms with Crippen molar-refractivity contribution in [2.75, 3.05) is 0 Å². The highest BCUT2D eigenvalue weighted by atomic mass is 16.3. The lowest BCUT2D eigenvalue weighted by atomic mass is 10.2. The molecule has 0 amide bonds. The Balaban J connectivity index is 2.31. The molecule has 2 heterocycles. The number of hydrogen-bond acceptors (Lipinski definition) is 3. The third-order valence-corrected chi connectivity index (χ3v) is 2.48. The number of nitrogens with zero attached hydrogens (tertiary/aromatic N) is 2. The van der Waals surface area contributed by atoms with Crippen LogP contribution in [0, 0.1) is 0 Å². The van der Waals surface area contributed by atoms with E-state index in [4.69, 9.17) is 4.42 Å². The van der Waals surface area contributed by atoms with Crippen molar-refractivity contribution in [3.8, 4) is 0 Å². The van der Waals surface area contributed by atoms with Crippen molar-refractivity contribution >= 4 is 5.78 Å². The van der Waals surface area contributed by atoms with Crippen LogP contribution in [0.15, 0.2) is 28.8 Å². The molecule has 2 aromatic rings. The maximum atomic E-state index is 12.1.